The van der Waals surface area contributed by atoms with E-state index in [2.05, 4.69) is 5.32 Å². The molecule has 7 heteroatoms. The van der Waals surface area contributed by atoms with Gasteiger partial charge in [-0.2, -0.15) is 0 Å². The van der Waals surface area contributed by atoms with Crippen LogP contribution in [0.5, 0.6) is 0 Å². The summed E-state index contributed by atoms with van der Waals surface area (Å²) in [6.07, 6.45) is 2.33. The highest BCUT2D eigenvalue weighted by atomic mass is 16.6. The van der Waals surface area contributed by atoms with Gasteiger partial charge in [0.05, 0.1) is 12.3 Å². The van der Waals surface area contributed by atoms with E-state index in [0.29, 0.717) is 5.56 Å². The SMILES string of the molecule is CC(COC(=O)CC(OC(N)=O)c1ccccc1)C(=O)NC1CCCC1. The minimum absolute atomic E-state index is 0.0184. The molecule has 0 radical (unpaired) electrons. The van der Waals surface area contributed by atoms with Crippen LogP contribution in [0.4, 0.5) is 4.79 Å². The van der Waals surface area contributed by atoms with Gasteiger partial charge in [0.25, 0.3) is 0 Å². The molecule has 1 fully saturated rings. The van der Waals surface area contributed by atoms with Crippen LogP contribution in [0.1, 0.15) is 50.7 Å². The van der Waals surface area contributed by atoms with E-state index in [-0.39, 0.29) is 25.0 Å². The minimum Gasteiger partial charge on any atom is -0.465 e. The van der Waals surface area contributed by atoms with Crippen molar-refractivity contribution in [1.82, 2.24) is 5.32 Å². The Labute approximate surface area is 153 Å². The molecule has 0 bridgehead atoms. The van der Waals surface area contributed by atoms with Gasteiger partial charge in [0.2, 0.25) is 5.91 Å². The number of carbonyl (C=O) groups is 3. The fraction of sp³-hybridized carbons (Fsp3) is 0.526. The topological polar surface area (TPSA) is 108 Å². The van der Waals surface area contributed by atoms with E-state index in [0.717, 1.165) is 25.7 Å². The first-order valence-corrected chi connectivity index (χ1v) is 8.92. The molecule has 0 aromatic heterocycles. The van der Waals surface area contributed by atoms with Gasteiger partial charge in [-0.05, 0) is 18.4 Å². The first-order chi connectivity index (χ1) is 12.5. The summed E-state index contributed by atoms with van der Waals surface area (Å²) < 4.78 is 10.2. The lowest BCUT2D eigenvalue weighted by molar-refractivity contribution is -0.148. The van der Waals surface area contributed by atoms with Gasteiger partial charge in [-0.15, -0.1) is 0 Å². The summed E-state index contributed by atoms with van der Waals surface area (Å²) in [5, 5.41) is 2.98. The highest BCUT2D eigenvalue weighted by molar-refractivity contribution is 5.79. The maximum absolute atomic E-state index is 12.1. The number of esters is 1. The van der Waals surface area contributed by atoms with Gasteiger partial charge in [-0.3, -0.25) is 9.59 Å². The third-order valence-corrected chi connectivity index (χ3v) is 4.43. The number of rotatable bonds is 8. The Morgan fingerprint density at radius 1 is 1.19 bits per heavy atom. The molecule has 3 N–H and O–H groups in total. The molecule has 0 heterocycles. The summed E-state index contributed by atoms with van der Waals surface area (Å²) in [4.78, 5) is 35.3. The summed E-state index contributed by atoms with van der Waals surface area (Å²) in [6, 6.07) is 9.05. The molecule has 2 rings (SSSR count). The van der Waals surface area contributed by atoms with Gasteiger partial charge in [-0.25, -0.2) is 4.79 Å². The van der Waals surface area contributed by atoms with E-state index in [4.69, 9.17) is 15.2 Å². The zero-order chi connectivity index (χ0) is 18.9. The van der Waals surface area contributed by atoms with Crippen LogP contribution in [0.2, 0.25) is 0 Å². The van der Waals surface area contributed by atoms with Crippen molar-refractivity contribution in [2.45, 2.75) is 51.2 Å². The Bertz CT molecular complexity index is 614. The number of nitrogens with two attached hydrogens (primary N) is 1. The van der Waals surface area contributed by atoms with E-state index in [9.17, 15) is 14.4 Å². The van der Waals surface area contributed by atoms with Crippen molar-refractivity contribution < 1.29 is 23.9 Å². The minimum atomic E-state index is -0.962. The summed E-state index contributed by atoms with van der Waals surface area (Å²) in [7, 11) is 0. The molecule has 0 spiro atoms. The van der Waals surface area contributed by atoms with Gasteiger partial charge in [-0.1, -0.05) is 50.1 Å². The smallest absolute Gasteiger partial charge is 0.405 e. The number of nitrogens with one attached hydrogen (secondary N) is 1. The van der Waals surface area contributed by atoms with Crippen molar-refractivity contribution in [1.29, 1.82) is 0 Å². The number of primary amides is 1. The molecule has 2 unspecified atom stereocenters. The monoisotopic (exact) mass is 362 g/mol. The second-order valence-corrected chi connectivity index (χ2v) is 6.61. The Hall–Kier alpha value is -2.57. The molecule has 2 amide bonds. The summed E-state index contributed by atoms with van der Waals surface area (Å²) in [5.74, 6) is -1.11. The van der Waals surface area contributed by atoms with Gasteiger partial charge in [0.15, 0.2) is 0 Å². The van der Waals surface area contributed by atoms with Crippen molar-refractivity contribution in [3.63, 3.8) is 0 Å². The molecule has 1 aliphatic carbocycles. The number of carbonyl (C=O) groups excluding carboxylic acids is 3. The molecule has 0 saturated heterocycles. The normalized spacial score (nSPS) is 16.5. The predicted molar refractivity (Wildman–Crippen MR) is 95.0 cm³/mol. The van der Waals surface area contributed by atoms with Crippen LogP contribution in [-0.4, -0.2) is 30.6 Å². The Balaban J connectivity index is 1.81. The Kier molecular flexibility index (Phi) is 7.44. The van der Waals surface area contributed by atoms with E-state index in [1.807, 2.05) is 6.07 Å². The molecule has 142 valence electrons. The highest BCUT2D eigenvalue weighted by Gasteiger charge is 2.24. The van der Waals surface area contributed by atoms with Crippen LogP contribution in [-0.2, 0) is 19.1 Å². The summed E-state index contributed by atoms with van der Waals surface area (Å²) in [5.41, 5.74) is 5.73. The summed E-state index contributed by atoms with van der Waals surface area (Å²) in [6.45, 7) is 1.70. The van der Waals surface area contributed by atoms with Crippen LogP contribution >= 0.6 is 0 Å². The second-order valence-electron chi connectivity index (χ2n) is 6.61. The van der Waals surface area contributed by atoms with Crippen LogP contribution in [0.25, 0.3) is 0 Å². The van der Waals surface area contributed by atoms with Crippen molar-refractivity contribution in [3.8, 4) is 0 Å². The standard InChI is InChI=1S/C19H26N2O5/c1-13(18(23)21-15-9-5-6-10-15)12-25-17(22)11-16(26-19(20)24)14-7-3-2-4-8-14/h2-4,7-8,13,15-16H,5-6,9-12H2,1H3,(H2,20,24)(H,21,23). The Morgan fingerprint density at radius 2 is 1.85 bits per heavy atom. The second kappa shape index (κ2) is 9.79. The number of amides is 2. The molecule has 7 nitrogen and oxygen atoms in total. The van der Waals surface area contributed by atoms with E-state index >= 15 is 0 Å². The van der Waals surface area contributed by atoms with Crippen molar-refractivity contribution in [2.24, 2.45) is 11.7 Å². The number of hydrogen-bond acceptors (Lipinski definition) is 5. The summed E-state index contributed by atoms with van der Waals surface area (Å²) >= 11 is 0. The molecular weight excluding hydrogens is 336 g/mol. The molecule has 2 atom stereocenters. The zero-order valence-corrected chi connectivity index (χ0v) is 15.0. The fourth-order valence-electron chi connectivity index (χ4n) is 2.95. The first-order valence-electron chi connectivity index (χ1n) is 8.92. The molecule has 1 aromatic rings. The number of benzene rings is 1. The maximum atomic E-state index is 12.1. The maximum Gasteiger partial charge on any atom is 0.405 e. The van der Waals surface area contributed by atoms with Crippen molar-refractivity contribution >= 4 is 18.0 Å². The predicted octanol–water partition coefficient (Wildman–Crippen LogP) is 2.45. The van der Waals surface area contributed by atoms with Gasteiger partial charge >= 0.3 is 12.1 Å². The molecule has 26 heavy (non-hydrogen) atoms. The molecule has 0 aliphatic heterocycles. The molecule has 1 saturated carbocycles. The van der Waals surface area contributed by atoms with Crippen LogP contribution in [0.15, 0.2) is 30.3 Å². The van der Waals surface area contributed by atoms with E-state index < -0.39 is 24.1 Å². The fourth-order valence-corrected chi connectivity index (χ4v) is 2.95. The van der Waals surface area contributed by atoms with Gasteiger partial charge < -0.3 is 20.5 Å². The third-order valence-electron chi connectivity index (χ3n) is 4.43. The average molecular weight is 362 g/mol. The first kappa shape index (κ1) is 19.8. The van der Waals surface area contributed by atoms with E-state index in [1.165, 1.54) is 0 Å². The van der Waals surface area contributed by atoms with Crippen LogP contribution in [0, 0.1) is 5.92 Å². The van der Waals surface area contributed by atoms with Gasteiger partial charge in [0.1, 0.15) is 12.7 Å². The average Bonchev–Trinajstić information content (AvgIpc) is 3.12. The van der Waals surface area contributed by atoms with Crippen LogP contribution in [0.3, 0.4) is 0 Å². The number of ether oxygens (including phenoxy) is 2. The quantitative estimate of drug-likeness (QED) is 0.691. The molecular formula is C19H26N2O5. The Morgan fingerprint density at radius 3 is 2.46 bits per heavy atom. The lowest BCUT2D eigenvalue weighted by Gasteiger charge is -2.18. The highest BCUT2D eigenvalue weighted by Crippen LogP contribution is 2.22. The zero-order valence-electron chi connectivity index (χ0n) is 15.0. The molecule has 1 aliphatic rings. The van der Waals surface area contributed by atoms with E-state index in [1.54, 1.807) is 31.2 Å². The lowest BCUT2D eigenvalue weighted by atomic mass is 10.1. The van der Waals surface area contributed by atoms with Gasteiger partial charge in [0, 0.05) is 6.04 Å². The molecule has 1 aromatic carbocycles. The van der Waals surface area contributed by atoms with Crippen LogP contribution < -0.4 is 11.1 Å². The lowest BCUT2D eigenvalue weighted by Crippen LogP contribution is -2.38. The third kappa shape index (κ3) is 6.38. The van der Waals surface area contributed by atoms with Crippen molar-refractivity contribution in [3.05, 3.63) is 35.9 Å². The largest absolute Gasteiger partial charge is 0.465 e. The van der Waals surface area contributed by atoms with Crippen molar-refractivity contribution in [2.75, 3.05) is 6.61 Å². The number of hydrogen-bond donors (Lipinski definition) is 2.